The molecule has 2 heterocycles. The predicted octanol–water partition coefficient (Wildman–Crippen LogP) is 6.96. The van der Waals surface area contributed by atoms with Gasteiger partial charge in [0, 0.05) is 31.8 Å². The lowest BCUT2D eigenvalue weighted by atomic mass is 10.1. The van der Waals surface area contributed by atoms with Crippen LogP contribution in [0.4, 0.5) is 0 Å². The SMILES string of the molecule is COC(OC)c1nc(-c2ccccc2)oc1CCc1ccc(OCc2nc(-c3ccccc3)oc2C)cc1. The lowest BCUT2D eigenvalue weighted by Crippen LogP contribution is -2.07. The quantitative estimate of drug-likeness (QED) is 0.178. The number of aryl methyl sites for hydroxylation is 3. The van der Waals surface area contributed by atoms with Gasteiger partial charge in [0.2, 0.25) is 18.1 Å². The number of methoxy groups -OCH3 is 2. The summed E-state index contributed by atoms with van der Waals surface area (Å²) in [5, 5.41) is 0. The first-order valence-corrected chi connectivity index (χ1v) is 12.5. The van der Waals surface area contributed by atoms with Crippen LogP contribution in [-0.2, 0) is 28.9 Å². The van der Waals surface area contributed by atoms with Crippen LogP contribution in [0.25, 0.3) is 22.9 Å². The van der Waals surface area contributed by atoms with Gasteiger partial charge in [-0.25, -0.2) is 9.97 Å². The maximum Gasteiger partial charge on any atom is 0.226 e. The third-order valence-electron chi connectivity index (χ3n) is 6.25. The fourth-order valence-corrected chi connectivity index (χ4v) is 4.18. The molecule has 0 aliphatic heterocycles. The molecule has 0 fully saturated rings. The van der Waals surface area contributed by atoms with E-state index >= 15 is 0 Å². The molecule has 2 aromatic heterocycles. The molecule has 3 aromatic carbocycles. The Bertz CT molecular complexity index is 1440. The molecular formula is C31H30N2O5. The number of aromatic nitrogens is 2. The first-order valence-electron chi connectivity index (χ1n) is 12.5. The predicted molar refractivity (Wildman–Crippen MR) is 144 cm³/mol. The van der Waals surface area contributed by atoms with E-state index in [2.05, 4.69) is 22.1 Å². The molecule has 194 valence electrons. The average Bonchev–Trinajstić information content (AvgIpc) is 3.56. The smallest absolute Gasteiger partial charge is 0.226 e. The van der Waals surface area contributed by atoms with E-state index in [1.165, 1.54) is 0 Å². The van der Waals surface area contributed by atoms with Gasteiger partial charge in [-0.2, -0.15) is 0 Å². The maximum atomic E-state index is 6.15. The molecule has 0 aliphatic rings. The minimum absolute atomic E-state index is 0.334. The van der Waals surface area contributed by atoms with Crippen LogP contribution in [0.5, 0.6) is 5.75 Å². The average molecular weight is 511 g/mol. The van der Waals surface area contributed by atoms with Gasteiger partial charge in [0.15, 0.2) is 0 Å². The van der Waals surface area contributed by atoms with Crippen LogP contribution < -0.4 is 4.74 Å². The Morgan fingerprint density at radius 1 is 0.711 bits per heavy atom. The van der Waals surface area contributed by atoms with E-state index in [-0.39, 0.29) is 0 Å². The van der Waals surface area contributed by atoms with Gasteiger partial charge in [0.05, 0.1) is 0 Å². The summed E-state index contributed by atoms with van der Waals surface area (Å²) in [4.78, 5) is 9.29. The first kappa shape index (κ1) is 25.4. The third-order valence-corrected chi connectivity index (χ3v) is 6.25. The molecule has 0 spiro atoms. The van der Waals surface area contributed by atoms with Crippen molar-refractivity contribution in [3.63, 3.8) is 0 Å². The molecule has 0 N–H and O–H groups in total. The van der Waals surface area contributed by atoms with Crippen LogP contribution >= 0.6 is 0 Å². The molecule has 0 saturated carbocycles. The lowest BCUT2D eigenvalue weighted by molar-refractivity contribution is -0.109. The van der Waals surface area contributed by atoms with Crippen molar-refractivity contribution in [2.24, 2.45) is 0 Å². The highest BCUT2D eigenvalue weighted by Gasteiger charge is 2.22. The maximum absolute atomic E-state index is 6.15. The summed E-state index contributed by atoms with van der Waals surface area (Å²) in [5.41, 5.74) is 4.44. The van der Waals surface area contributed by atoms with Gasteiger partial charge in [-0.05, 0) is 55.3 Å². The summed E-state index contributed by atoms with van der Waals surface area (Å²) in [7, 11) is 3.19. The molecule has 0 atom stereocenters. The van der Waals surface area contributed by atoms with Crippen LogP contribution in [0.15, 0.2) is 93.8 Å². The van der Waals surface area contributed by atoms with Gasteiger partial charge in [-0.3, -0.25) is 0 Å². The van der Waals surface area contributed by atoms with E-state index in [0.717, 1.165) is 46.1 Å². The molecule has 0 radical (unpaired) electrons. The summed E-state index contributed by atoms with van der Waals surface area (Å²) in [6.45, 7) is 2.24. The summed E-state index contributed by atoms with van der Waals surface area (Å²) >= 11 is 0. The zero-order chi connectivity index (χ0) is 26.3. The van der Waals surface area contributed by atoms with Crippen molar-refractivity contribution in [2.75, 3.05) is 14.2 Å². The topological polar surface area (TPSA) is 79.8 Å². The van der Waals surface area contributed by atoms with Crippen molar-refractivity contribution in [3.8, 4) is 28.7 Å². The fourth-order valence-electron chi connectivity index (χ4n) is 4.18. The van der Waals surface area contributed by atoms with E-state index in [4.69, 9.17) is 23.0 Å². The Kier molecular flexibility index (Phi) is 7.97. The van der Waals surface area contributed by atoms with Crippen LogP contribution in [0.3, 0.4) is 0 Å². The Balaban J connectivity index is 1.23. The number of rotatable bonds is 11. The molecule has 0 amide bonds. The van der Waals surface area contributed by atoms with E-state index in [1.807, 2.05) is 79.7 Å². The van der Waals surface area contributed by atoms with E-state index in [9.17, 15) is 0 Å². The number of nitrogens with zero attached hydrogens (tertiary/aromatic N) is 2. The second-order valence-corrected chi connectivity index (χ2v) is 8.82. The summed E-state index contributed by atoms with van der Waals surface area (Å²) < 4.78 is 28.9. The molecule has 0 unspecified atom stereocenters. The van der Waals surface area contributed by atoms with Crippen LogP contribution in [0, 0.1) is 6.92 Å². The van der Waals surface area contributed by atoms with Crippen molar-refractivity contribution in [1.82, 2.24) is 9.97 Å². The largest absolute Gasteiger partial charge is 0.487 e. The molecule has 0 aliphatic carbocycles. The Hall–Kier alpha value is -4.20. The van der Waals surface area contributed by atoms with Crippen molar-refractivity contribution < 1.29 is 23.0 Å². The molecule has 0 saturated heterocycles. The fraction of sp³-hybridized carbons (Fsp3) is 0.226. The van der Waals surface area contributed by atoms with E-state index < -0.39 is 6.29 Å². The molecule has 7 heteroatoms. The lowest BCUT2D eigenvalue weighted by Gasteiger charge is -2.11. The van der Waals surface area contributed by atoms with Gasteiger partial charge in [0.1, 0.15) is 35.3 Å². The number of ether oxygens (including phenoxy) is 3. The van der Waals surface area contributed by atoms with Crippen LogP contribution in [0.2, 0.25) is 0 Å². The number of hydrogen-bond acceptors (Lipinski definition) is 7. The summed E-state index contributed by atoms with van der Waals surface area (Å²) in [6.07, 6.45) is 0.822. The van der Waals surface area contributed by atoms with E-state index in [1.54, 1.807) is 14.2 Å². The molecular weight excluding hydrogens is 480 g/mol. The van der Waals surface area contributed by atoms with Gasteiger partial charge in [-0.15, -0.1) is 0 Å². The summed E-state index contributed by atoms with van der Waals surface area (Å²) in [5.74, 6) is 3.42. The zero-order valence-corrected chi connectivity index (χ0v) is 21.7. The monoisotopic (exact) mass is 510 g/mol. The highest BCUT2D eigenvalue weighted by Crippen LogP contribution is 2.29. The number of hydrogen-bond donors (Lipinski definition) is 0. The Morgan fingerprint density at radius 3 is 1.92 bits per heavy atom. The number of benzene rings is 3. The zero-order valence-electron chi connectivity index (χ0n) is 21.7. The normalized spacial score (nSPS) is 11.3. The Morgan fingerprint density at radius 2 is 1.32 bits per heavy atom. The first-order chi connectivity index (χ1) is 18.6. The van der Waals surface area contributed by atoms with Crippen molar-refractivity contribution in [2.45, 2.75) is 32.7 Å². The highest BCUT2D eigenvalue weighted by molar-refractivity contribution is 5.54. The van der Waals surface area contributed by atoms with Gasteiger partial charge in [-0.1, -0.05) is 48.5 Å². The molecule has 7 nitrogen and oxygen atoms in total. The standard InChI is InChI=1S/C31H30N2O5/c1-21-26(32-29(37-21)23-10-6-4-7-11-23)20-36-25-17-14-22(15-18-25)16-19-27-28(31(34-2)35-3)33-30(38-27)24-12-8-5-9-13-24/h4-15,17-18,31H,16,19-20H2,1-3H3. The van der Waals surface area contributed by atoms with Crippen LogP contribution in [-0.4, -0.2) is 24.2 Å². The van der Waals surface area contributed by atoms with Gasteiger partial charge < -0.3 is 23.0 Å². The second-order valence-electron chi connectivity index (χ2n) is 8.82. The van der Waals surface area contributed by atoms with E-state index in [0.29, 0.717) is 30.5 Å². The molecule has 0 bridgehead atoms. The minimum Gasteiger partial charge on any atom is -0.487 e. The second kappa shape index (κ2) is 11.9. The van der Waals surface area contributed by atoms with Gasteiger partial charge in [0.25, 0.3) is 0 Å². The molecule has 5 rings (SSSR count). The van der Waals surface area contributed by atoms with Crippen molar-refractivity contribution in [1.29, 1.82) is 0 Å². The Labute approximate surface area is 222 Å². The molecule has 38 heavy (non-hydrogen) atoms. The highest BCUT2D eigenvalue weighted by atomic mass is 16.7. The minimum atomic E-state index is -0.593. The van der Waals surface area contributed by atoms with Crippen molar-refractivity contribution in [3.05, 3.63) is 113 Å². The van der Waals surface area contributed by atoms with Gasteiger partial charge >= 0.3 is 0 Å². The van der Waals surface area contributed by atoms with Crippen molar-refractivity contribution >= 4 is 0 Å². The third kappa shape index (κ3) is 5.85. The summed E-state index contributed by atoms with van der Waals surface area (Å²) in [6, 6.07) is 27.7. The molecule has 5 aromatic rings. The van der Waals surface area contributed by atoms with Crippen LogP contribution in [0.1, 0.15) is 34.8 Å². The number of oxazole rings is 2.